The van der Waals surface area contributed by atoms with Crippen molar-refractivity contribution in [2.24, 2.45) is 7.05 Å². The number of aromatic nitrogens is 2. The molecule has 1 unspecified atom stereocenters. The second kappa shape index (κ2) is 10.2. The summed E-state index contributed by atoms with van der Waals surface area (Å²) in [5.74, 6) is -0.680. The van der Waals surface area contributed by atoms with E-state index in [1.165, 1.54) is 5.69 Å². The highest BCUT2D eigenvalue weighted by Gasteiger charge is 2.33. The van der Waals surface area contributed by atoms with Crippen molar-refractivity contribution < 1.29 is 9.59 Å². The van der Waals surface area contributed by atoms with Crippen LogP contribution in [0.25, 0.3) is 11.0 Å². The number of hydrogen-bond acceptors (Lipinski definition) is 6. The van der Waals surface area contributed by atoms with Crippen molar-refractivity contribution >= 4 is 50.2 Å². The molecule has 0 saturated carbocycles. The fourth-order valence-corrected chi connectivity index (χ4v) is 6.64. The predicted octanol–water partition coefficient (Wildman–Crippen LogP) is 2.87. The van der Waals surface area contributed by atoms with Gasteiger partial charge in [-0.2, -0.15) is 0 Å². The third kappa shape index (κ3) is 4.53. The van der Waals surface area contributed by atoms with Crippen molar-refractivity contribution in [3.63, 3.8) is 0 Å². The van der Waals surface area contributed by atoms with Gasteiger partial charge in [0.1, 0.15) is 6.04 Å². The summed E-state index contributed by atoms with van der Waals surface area (Å²) in [4.78, 5) is 45.0. The Morgan fingerprint density at radius 1 is 0.842 bits per heavy atom. The first kappa shape index (κ1) is 25.2. The molecule has 9 nitrogen and oxygen atoms in total. The van der Waals surface area contributed by atoms with Crippen LogP contribution in [-0.4, -0.2) is 71.2 Å². The van der Waals surface area contributed by atoms with Crippen LogP contribution >= 0.6 is 15.9 Å². The van der Waals surface area contributed by atoms with Gasteiger partial charge in [-0.25, -0.2) is 4.79 Å². The maximum Gasteiger partial charge on any atom is 0.329 e. The van der Waals surface area contributed by atoms with Crippen molar-refractivity contribution in [2.45, 2.75) is 37.8 Å². The number of amides is 2. The number of fused-ring (bicyclic) bond motifs is 1. The molecule has 2 aromatic carbocycles. The molecular weight excluding hydrogens is 548 g/mol. The minimum Gasteiger partial charge on any atom is -0.370 e. The highest BCUT2D eigenvalue weighted by molar-refractivity contribution is 9.10. The number of piperidine rings is 2. The molecule has 2 amide bonds. The summed E-state index contributed by atoms with van der Waals surface area (Å²) in [5, 5.41) is 2.39. The molecule has 10 heteroatoms. The highest BCUT2D eigenvalue weighted by Crippen LogP contribution is 2.32. The number of carbonyl (C=O) groups excluding carboxylic acids is 2. The van der Waals surface area contributed by atoms with Crippen LogP contribution in [0, 0.1) is 0 Å². The quantitative estimate of drug-likeness (QED) is 0.478. The zero-order valence-electron chi connectivity index (χ0n) is 21.6. The first-order chi connectivity index (χ1) is 18.4. The molecule has 200 valence electrons. The number of aryl methyl sites for hydroxylation is 1. The third-order valence-corrected chi connectivity index (χ3v) is 8.96. The largest absolute Gasteiger partial charge is 0.370 e. The lowest BCUT2D eigenvalue weighted by atomic mass is 10.0. The predicted molar refractivity (Wildman–Crippen MR) is 152 cm³/mol. The first-order valence-corrected chi connectivity index (χ1v) is 14.2. The summed E-state index contributed by atoms with van der Waals surface area (Å²) in [6, 6.07) is 14.4. The van der Waals surface area contributed by atoms with E-state index >= 15 is 0 Å². The topological polar surface area (TPSA) is 82.8 Å². The molecule has 6 rings (SSSR count). The Morgan fingerprint density at radius 2 is 1.55 bits per heavy atom. The highest BCUT2D eigenvalue weighted by atomic mass is 79.9. The Morgan fingerprint density at radius 3 is 2.24 bits per heavy atom. The summed E-state index contributed by atoms with van der Waals surface area (Å²) in [7, 11) is 1.77. The van der Waals surface area contributed by atoms with Crippen LogP contribution in [0.15, 0.2) is 51.7 Å². The molecule has 3 aliphatic rings. The Balaban J connectivity index is 1.15. The molecule has 0 aliphatic carbocycles. The van der Waals surface area contributed by atoms with Crippen LogP contribution in [-0.2, 0) is 16.6 Å². The van der Waals surface area contributed by atoms with E-state index in [0.29, 0.717) is 12.5 Å². The summed E-state index contributed by atoms with van der Waals surface area (Å²) in [6.45, 7) is 6.07. The number of nitrogens with zero attached hydrogens (tertiary/aromatic N) is 5. The fraction of sp³-hybridized carbons (Fsp3) is 0.464. The third-order valence-electron chi connectivity index (χ3n) is 8.43. The van der Waals surface area contributed by atoms with Gasteiger partial charge in [-0.3, -0.25) is 28.9 Å². The molecule has 3 saturated heterocycles. The lowest BCUT2D eigenvalue weighted by Gasteiger charge is -2.44. The number of imide groups is 1. The molecule has 0 spiro atoms. The van der Waals surface area contributed by atoms with Gasteiger partial charge in [-0.15, -0.1) is 0 Å². The minimum absolute atomic E-state index is 0.222. The molecule has 3 aromatic rings. The first-order valence-electron chi connectivity index (χ1n) is 13.4. The van der Waals surface area contributed by atoms with Crippen molar-refractivity contribution in [3.05, 3.63) is 57.4 Å². The molecule has 0 bridgehead atoms. The lowest BCUT2D eigenvalue weighted by Crippen LogP contribution is -2.53. The Labute approximate surface area is 230 Å². The average molecular weight is 582 g/mol. The van der Waals surface area contributed by atoms with E-state index in [9.17, 15) is 14.4 Å². The smallest absolute Gasteiger partial charge is 0.329 e. The number of carbonyl (C=O) groups is 2. The minimum atomic E-state index is -0.666. The summed E-state index contributed by atoms with van der Waals surface area (Å²) in [5.41, 5.74) is 3.69. The molecular formula is C28H33BrN6O3. The van der Waals surface area contributed by atoms with Gasteiger partial charge in [0.05, 0.1) is 16.7 Å². The average Bonchev–Trinajstić information content (AvgIpc) is 3.19. The normalized spacial score (nSPS) is 21.8. The number of benzene rings is 2. The summed E-state index contributed by atoms with van der Waals surface area (Å²) >= 11 is 3.52. The molecule has 4 heterocycles. The fourth-order valence-electron chi connectivity index (χ4n) is 6.37. The number of halogens is 1. The Kier molecular flexibility index (Phi) is 6.77. The molecule has 0 radical (unpaired) electrons. The van der Waals surface area contributed by atoms with E-state index in [1.807, 2.05) is 12.1 Å². The van der Waals surface area contributed by atoms with E-state index in [2.05, 4.69) is 66.3 Å². The molecule has 3 aliphatic heterocycles. The maximum absolute atomic E-state index is 13.3. The number of hydrogen-bond donors (Lipinski definition) is 1. The van der Waals surface area contributed by atoms with Gasteiger partial charge in [0.15, 0.2) is 0 Å². The van der Waals surface area contributed by atoms with E-state index < -0.39 is 11.9 Å². The van der Waals surface area contributed by atoms with Crippen LogP contribution in [0.2, 0.25) is 0 Å². The van der Waals surface area contributed by atoms with Gasteiger partial charge in [0.25, 0.3) is 0 Å². The molecule has 1 atom stereocenters. The molecule has 1 aromatic heterocycles. The van der Waals surface area contributed by atoms with E-state index in [1.54, 1.807) is 16.2 Å². The SMILES string of the molecule is Cn1c(=O)n(C2CCC(=O)NC2=O)c2cccc(N3CCC(N4CCN(c5ccc(Br)cc5)CC4)CC3)c21. The van der Waals surface area contributed by atoms with E-state index in [0.717, 1.165) is 73.3 Å². The summed E-state index contributed by atoms with van der Waals surface area (Å²) < 4.78 is 4.33. The van der Waals surface area contributed by atoms with Crippen LogP contribution in [0.5, 0.6) is 0 Å². The van der Waals surface area contributed by atoms with Gasteiger partial charge in [-0.05, 0) is 55.7 Å². The Hall–Kier alpha value is -3.11. The van der Waals surface area contributed by atoms with Gasteiger partial charge in [0.2, 0.25) is 11.8 Å². The maximum atomic E-state index is 13.3. The number of imidazole rings is 1. The second-order valence-corrected chi connectivity index (χ2v) is 11.5. The standard InChI is InChI=1S/C28H33BrN6O3/c1-31-26-22(3-2-4-23(26)35(28(31)38)24-9-10-25(36)30-27(24)37)34-13-11-21(12-14-34)33-17-15-32(16-18-33)20-7-5-19(29)6-8-20/h2-8,21,24H,9-18H2,1H3,(H,30,36,37). The van der Waals surface area contributed by atoms with Gasteiger partial charge < -0.3 is 9.80 Å². The molecule has 1 N–H and O–H groups in total. The molecule has 3 fully saturated rings. The van der Waals surface area contributed by atoms with Crippen LogP contribution in [0.3, 0.4) is 0 Å². The van der Waals surface area contributed by atoms with Crippen LogP contribution < -0.4 is 20.8 Å². The zero-order valence-corrected chi connectivity index (χ0v) is 23.2. The van der Waals surface area contributed by atoms with Crippen molar-refractivity contribution in [1.29, 1.82) is 0 Å². The lowest BCUT2D eigenvalue weighted by molar-refractivity contribution is -0.135. The monoisotopic (exact) mass is 580 g/mol. The van der Waals surface area contributed by atoms with Gasteiger partial charge in [-0.1, -0.05) is 22.0 Å². The van der Waals surface area contributed by atoms with Crippen molar-refractivity contribution in [1.82, 2.24) is 19.4 Å². The Bertz CT molecular complexity index is 1410. The summed E-state index contributed by atoms with van der Waals surface area (Å²) in [6.07, 6.45) is 2.74. The van der Waals surface area contributed by atoms with Gasteiger partial charge >= 0.3 is 5.69 Å². The van der Waals surface area contributed by atoms with Crippen LogP contribution in [0.1, 0.15) is 31.7 Å². The second-order valence-electron chi connectivity index (χ2n) is 10.5. The number of nitrogens with one attached hydrogen (secondary N) is 1. The zero-order chi connectivity index (χ0) is 26.4. The van der Waals surface area contributed by atoms with Crippen LogP contribution in [0.4, 0.5) is 11.4 Å². The van der Waals surface area contributed by atoms with Gasteiger partial charge in [0, 0.05) is 68.9 Å². The number of para-hydroxylation sites is 1. The van der Waals surface area contributed by atoms with Crippen molar-refractivity contribution in [2.75, 3.05) is 49.1 Å². The number of rotatable bonds is 4. The van der Waals surface area contributed by atoms with E-state index in [-0.39, 0.29) is 18.0 Å². The van der Waals surface area contributed by atoms with Crippen molar-refractivity contribution in [3.8, 4) is 0 Å². The number of piperazine rings is 1. The molecule has 38 heavy (non-hydrogen) atoms. The van der Waals surface area contributed by atoms with E-state index in [4.69, 9.17) is 0 Å². The number of anilines is 2.